The van der Waals surface area contributed by atoms with Crippen molar-refractivity contribution in [3.63, 3.8) is 0 Å². The van der Waals surface area contributed by atoms with Crippen molar-refractivity contribution in [2.75, 3.05) is 7.11 Å². The number of hydrazine groups is 1. The molecule has 2 fully saturated rings. The van der Waals surface area contributed by atoms with Crippen molar-refractivity contribution < 1.29 is 29.2 Å². The minimum absolute atomic E-state index is 0.151. The summed E-state index contributed by atoms with van der Waals surface area (Å²) < 4.78 is 5.14. The van der Waals surface area contributed by atoms with E-state index < -0.39 is 58.4 Å². The number of fused-ring (bicyclic) bond motifs is 1. The number of nitrogens with zero attached hydrogens (tertiary/aromatic N) is 3. The van der Waals surface area contributed by atoms with Crippen molar-refractivity contribution in [2.24, 2.45) is 11.8 Å². The molecule has 3 aromatic rings. The van der Waals surface area contributed by atoms with E-state index in [2.05, 4.69) is 5.32 Å². The molecule has 11 nitrogen and oxygen atoms in total. The van der Waals surface area contributed by atoms with Crippen molar-refractivity contribution in [3.8, 4) is 0 Å². The van der Waals surface area contributed by atoms with E-state index in [0.29, 0.717) is 16.7 Å². The van der Waals surface area contributed by atoms with Crippen LogP contribution in [0.4, 0.5) is 5.69 Å². The number of carbonyl (C=O) groups excluding carboxylic acids is 3. The van der Waals surface area contributed by atoms with Gasteiger partial charge in [0.2, 0.25) is 0 Å². The highest BCUT2D eigenvalue weighted by atomic mass is 16.6. The quantitative estimate of drug-likeness (QED) is 0.255. The summed E-state index contributed by atoms with van der Waals surface area (Å²) in [5.41, 5.74) is -0.729. The first kappa shape index (κ1) is 27.9. The van der Waals surface area contributed by atoms with E-state index in [1.807, 2.05) is 6.07 Å². The predicted octanol–water partition coefficient (Wildman–Crippen LogP) is 3.38. The number of benzene rings is 3. The molecule has 2 aliphatic rings. The Morgan fingerprint density at radius 3 is 2.05 bits per heavy atom. The van der Waals surface area contributed by atoms with Gasteiger partial charge in [-0.05, 0) is 23.3 Å². The molecule has 0 bridgehead atoms. The van der Waals surface area contributed by atoms with Crippen LogP contribution in [0.3, 0.4) is 0 Å². The number of hydrogen-bond acceptors (Lipinski definition) is 8. The van der Waals surface area contributed by atoms with Crippen LogP contribution in [-0.4, -0.2) is 56.7 Å². The van der Waals surface area contributed by atoms with Gasteiger partial charge in [-0.25, -0.2) is 5.01 Å². The number of aliphatic hydroxyl groups is 1. The molecule has 0 aliphatic carbocycles. The normalized spacial score (nSPS) is 25.7. The second-order valence-electron chi connectivity index (χ2n) is 10.4. The summed E-state index contributed by atoms with van der Waals surface area (Å²) in [6.45, 7) is 3.38. The zero-order valence-electron chi connectivity index (χ0n) is 22.7. The van der Waals surface area contributed by atoms with Crippen molar-refractivity contribution in [1.82, 2.24) is 15.3 Å². The van der Waals surface area contributed by atoms with Crippen LogP contribution in [0.25, 0.3) is 0 Å². The van der Waals surface area contributed by atoms with E-state index in [-0.39, 0.29) is 5.69 Å². The molecule has 0 aromatic heterocycles. The molecule has 0 saturated carbocycles. The molecule has 41 heavy (non-hydrogen) atoms. The van der Waals surface area contributed by atoms with Gasteiger partial charge in [0.15, 0.2) is 5.72 Å². The number of esters is 1. The van der Waals surface area contributed by atoms with Crippen LogP contribution < -0.4 is 5.32 Å². The molecule has 5 atom stereocenters. The van der Waals surface area contributed by atoms with Crippen LogP contribution in [0, 0.1) is 22.0 Å². The zero-order valence-corrected chi connectivity index (χ0v) is 22.7. The van der Waals surface area contributed by atoms with Crippen LogP contribution in [-0.2, 0) is 14.3 Å². The number of carbonyl (C=O) groups is 3. The lowest BCUT2D eigenvalue weighted by Gasteiger charge is -2.38. The number of hydrogen-bond donors (Lipinski definition) is 2. The Bertz CT molecular complexity index is 1470. The molecule has 2 heterocycles. The van der Waals surface area contributed by atoms with Gasteiger partial charge in [-0.3, -0.25) is 24.5 Å². The van der Waals surface area contributed by atoms with Gasteiger partial charge < -0.3 is 15.2 Å². The number of nitro groups is 1. The van der Waals surface area contributed by atoms with Gasteiger partial charge in [-0.15, -0.1) is 0 Å². The molecule has 5 rings (SSSR count). The Hall–Kier alpha value is -4.61. The number of non-ortho nitro benzene ring substituents is 1. The summed E-state index contributed by atoms with van der Waals surface area (Å²) in [6.07, 6.45) is 0. The fourth-order valence-electron chi connectivity index (χ4n) is 5.96. The molecule has 2 N–H and O–H groups in total. The van der Waals surface area contributed by atoms with Crippen LogP contribution in [0.2, 0.25) is 0 Å². The van der Waals surface area contributed by atoms with Crippen LogP contribution >= 0.6 is 0 Å². The topological polar surface area (TPSA) is 142 Å². The monoisotopic (exact) mass is 558 g/mol. The van der Waals surface area contributed by atoms with Gasteiger partial charge in [0, 0.05) is 23.6 Å². The molecule has 0 unspecified atom stereocenters. The van der Waals surface area contributed by atoms with E-state index >= 15 is 0 Å². The lowest BCUT2D eigenvalue weighted by atomic mass is 9.79. The fraction of sp³-hybridized carbons (Fsp3) is 0.300. The first-order valence-corrected chi connectivity index (χ1v) is 13.2. The maximum Gasteiger partial charge on any atom is 0.315 e. The van der Waals surface area contributed by atoms with E-state index in [1.54, 1.807) is 73.5 Å². The van der Waals surface area contributed by atoms with E-state index in [1.165, 1.54) is 36.4 Å². The highest BCUT2D eigenvalue weighted by Gasteiger charge is 2.70. The molecule has 0 spiro atoms. The summed E-state index contributed by atoms with van der Waals surface area (Å²) in [5, 5.41) is 29.3. The maximum absolute atomic E-state index is 14.3. The Morgan fingerprint density at radius 1 is 0.951 bits per heavy atom. The molecule has 0 radical (unpaired) electrons. The first-order valence-electron chi connectivity index (χ1n) is 13.2. The first-order chi connectivity index (χ1) is 19.6. The van der Waals surface area contributed by atoms with Crippen molar-refractivity contribution >= 4 is 23.5 Å². The van der Waals surface area contributed by atoms with Crippen LogP contribution in [0.5, 0.6) is 0 Å². The Kier molecular flexibility index (Phi) is 7.33. The molecule has 2 saturated heterocycles. The molecule has 2 aliphatic heterocycles. The smallest absolute Gasteiger partial charge is 0.315 e. The molecular formula is C30H30N4O7. The SMILES string of the molecule is COC(=O)[C@H]1[C@H](c2ccc([N+](=O)[O-])cc2)N2[C@H](c3ccccc3)[C@@H](NC(=O)c3ccccc3)C(=O)N2[C@]1(O)C(C)C. The molecule has 11 heteroatoms. The number of nitrogens with one attached hydrogen (secondary N) is 1. The second-order valence-corrected chi connectivity index (χ2v) is 10.4. The summed E-state index contributed by atoms with van der Waals surface area (Å²) in [5.74, 6) is -3.74. The molecule has 2 amide bonds. The average molecular weight is 559 g/mol. The van der Waals surface area contributed by atoms with Crippen LogP contribution in [0.15, 0.2) is 84.9 Å². The number of rotatable bonds is 7. The third-order valence-electron chi connectivity index (χ3n) is 7.92. The summed E-state index contributed by atoms with van der Waals surface area (Å²) >= 11 is 0. The summed E-state index contributed by atoms with van der Waals surface area (Å²) in [4.78, 5) is 51.8. The van der Waals surface area contributed by atoms with Crippen molar-refractivity contribution in [3.05, 3.63) is 112 Å². The largest absolute Gasteiger partial charge is 0.469 e. The summed E-state index contributed by atoms with van der Waals surface area (Å²) in [6, 6.07) is 20.2. The van der Waals surface area contributed by atoms with Crippen molar-refractivity contribution in [2.45, 2.75) is 37.7 Å². The lowest BCUT2D eigenvalue weighted by Crippen LogP contribution is -2.58. The molecular weight excluding hydrogens is 528 g/mol. The molecule has 3 aromatic carbocycles. The van der Waals surface area contributed by atoms with Gasteiger partial charge in [-0.2, -0.15) is 5.01 Å². The van der Waals surface area contributed by atoms with Crippen LogP contribution in [0.1, 0.15) is 47.4 Å². The lowest BCUT2D eigenvalue weighted by molar-refractivity contribution is -0.384. The van der Waals surface area contributed by atoms with Crippen molar-refractivity contribution in [1.29, 1.82) is 0 Å². The zero-order chi connectivity index (χ0) is 29.5. The average Bonchev–Trinajstić information content (AvgIpc) is 3.43. The number of amides is 2. The standard InChI is InChI=1S/C30H30N4O7/c1-18(2)30(38)23(29(37)41-3)25(20-14-16-22(17-15-20)34(39)40)32-26(19-10-6-4-7-11-19)24(28(36)33(30)32)31-27(35)21-12-8-5-9-13-21/h4-18,23-26,38H,1-3H3,(H,31,35)/t23-,24-,25+,26-,30+/m1/s1. The van der Waals surface area contributed by atoms with E-state index in [9.17, 15) is 29.6 Å². The van der Waals surface area contributed by atoms with Gasteiger partial charge in [-0.1, -0.05) is 74.5 Å². The maximum atomic E-state index is 14.3. The summed E-state index contributed by atoms with van der Waals surface area (Å²) in [7, 11) is 1.20. The van der Waals surface area contributed by atoms with E-state index in [4.69, 9.17) is 4.74 Å². The minimum atomic E-state index is -2.05. The predicted molar refractivity (Wildman–Crippen MR) is 147 cm³/mol. The third kappa shape index (κ3) is 4.52. The molecule has 212 valence electrons. The van der Waals surface area contributed by atoms with Gasteiger partial charge in [0.05, 0.1) is 24.1 Å². The number of nitro benzene ring substituents is 1. The third-order valence-corrected chi connectivity index (χ3v) is 7.92. The number of ether oxygens (including phenoxy) is 1. The van der Waals surface area contributed by atoms with E-state index in [0.717, 1.165) is 0 Å². The second kappa shape index (κ2) is 10.8. The number of methoxy groups -OCH3 is 1. The minimum Gasteiger partial charge on any atom is -0.469 e. The van der Waals surface area contributed by atoms with Gasteiger partial charge >= 0.3 is 5.97 Å². The van der Waals surface area contributed by atoms with Gasteiger partial charge in [0.25, 0.3) is 17.5 Å². The Labute approximate surface area is 236 Å². The Balaban J connectivity index is 1.71. The van der Waals surface area contributed by atoms with Gasteiger partial charge in [0.1, 0.15) is 12.0 Å². The highest BCUT2D eigenvalue weighted by Crippen LogP contribution is 2.57. The fourth-order valence-corrected chi connectivity index (χ4v) is 5.96. The Morgan fingerprint density at radius 2 is 1.51 bits per heavy atom. The highest BCUT2D eigenvalue weighted by molar-refractivity contribution is 5.99.